The van der Waals surface area contributed by atoms with Crippen LogP contribution in [0.5, 0.6) is 23.0 Å². The lowest BCUT2D eigenvalue weighted by Crippen LogP contribution is -3.00. The van der Waals surface area contributed by atoms with Gasteiger partial charge in [0.05, 0.1) is 18.1 Å². The van der Waals surface area contributed by atoms with E-state index in [0.717, 1.165) is 85.5 Å². The summed E-state index contributed by atoms with van der Waals surface area (Å²) in [4.78, 5) is 20.2. The molecule has 0 bridgehead atoms. The third kappa shape index (κ3) is 4.80. The summed E-state index contributed by atoms with van der Waals surface area (Å²) in [6.07, 6.45) is 4.62. The van der Waals surface area contributed by atoms with E-state index in [1.165, 1.54) is 5.56 Å². The smallest absolute Gasteiger partial charge is 0.415 e. The maximum absolute atomic E-state index is 13.4. The number of hydrogen-bond acceptors (Lipinski definition) is 7. The molecule has 0 radical (unpaired) electrons. The number of benzene rings is 2. The average molecular weight is 567 g/mol. The predicted octanol–water partition coefficient (Wildman–Crippen LogP) is 0.302. The van der Waals surface area contributed by atoms with Gasteiger partial charge >= 0.3 is 6.09 Å². The van der Waals surface area contributed by atoms with Crippen LogP contribution < -0.4 is 35.9 Å². The van der Waals surface area contributed by atoms with E-state index in [1.54, 1.807) is 7.11 Å². The summed E-state index contributed by atoms with van der Waals surface area (Å²) in [6, 6.07) is 10.8. The Morgan fingerprint density at radius 2 is 1.75 bits per heavy atom. The van der Waals surface area contributed by atoms with E-state index in [9.17, 15) is 4.79 Å². The van der Waals surface area contributed by atoms with Crippen molar-refractivity contribution in [2.24, 2.45) is 0 Å². The van der Waals surface area contributed by atoms with E-state index in [4.69, 9.17) is 18.9 Å². The van der Waals surface area contributed by atoms with Gasteiger partial charge in [0.15, 0.2) is 35.7 Å². The largest absolute Gasteiger partial charge is 1.00 e. The number of likely N-dealkylation sites (tertiary alicyclic amines) is 1. The van der Waals surface area contributed by atoms with Gasteiger partial charge in [-0.25, -0.2) is 4.79 Å². The SMILES string of the molecule is COc1ccc2cc3[n+](cc2c1OC(=O)N1CCC(N2CCN(C)CC2)CC1)CCc1cc2c(cc1-3)OCO2.[Cl-]. The number of pyridine rings is 1. The third-order valence-corrected chi connectivity index (χ3v) is 8.76. The Hall–Kier alpha value is -3.27. The molecule has 0 atom stereocenters. The second kappa shape index (κ2) is 11.0. The molecular weight excluding hydrogens is 532 g/mol. The second-order valence-electron chi connectivity index (χ2n) is 11.0. The molecule has 0 spiro atoms. The van der Waals surface area contributed by atoms with Crippen LogP contribution in [0, 0.1) is 0 Å². The van der Waals surface area contributed by atoms with Crippen molar-refractivity contribution in [1.82, 2.24) is 14.7 Å². The highest BCUT2D eigenvalue weighted by atomic mass is 35.5. The molecule has 7 rings (SSSR count). The number of aryl methyl sites for hydroxylation is 2. The number of fused-ring (bicyclic) bond motifs is 5. The first-order valence-corrected chi connectivity index (χ1v) is 13.9. The quantitative estimate of drug-likeness (QED) is 0.423. The van der Waals surface area contributed by atoms with Crippen molar-refractivity contribution in [3.8, 4) is 34.3 Å². The normalized spacial score (nSPS) is 19.1. The fourth-order valence-electron chi connectivity index (χ4n) is 6.42. The number of halogens is 1. The molecule has 0 aliphatic carbocycles. The zero-order valence-corrected chi connectivity index (χ0v) is 23.8. The van der Waals surface area contributed by atoms with E-state index in [-0.39, 0.29) is 25.3 Å². The number of methoxy groups -OCH3 is 1. The van der Waals surface area contributed by atoms with Gasteiger partial charge in [-0.1, -0.05) is 0 Å². The molecule has 4 aliphatic rings. The molecule has 2 saturated heterocycles. The van der Waals surface area contributed by atoms with Gasteiger partial charge in [0.1, 0.15) is 0 Å². The number of rotatable bonds is 3. The Bertz CT molecular complexity index is 1430. The molecule has 212 valence electrons. The molecule has 2 aromatic carbocycles. The maximum Gasteiger partial charge on any atom is 0.415 e. The van der Waals surface area contributed by atoms with Crippen molar-refractivity contribution in [1.29, 1.82) is 0 Å². The standard InChI is InChI=1S/C30H35N4O5.ClH/c1-31-11-13-32(14-12-31)22-6-9-33(10-7-22)30(35)39-29-24-18-34-8-5-21-16-27-28(38-19-37-27)17-23(21)25(34)15-20(24)3-4-26(29)36-2;/h3-4,15-18,22H,5-14,19H2,1-2H3;1H/q+1;/p-1. The van der Waals surface area contributed by atoms with Gasteiger partial charge in [-0.15, -0.1) is 0 Å². The number of aromatic nitrogens is 1. The van der Waals surface area contributed by atoms with Gasteiger partial charge < -0.3 is 41.2 Å². The molecule has 3 aromatic rings. The van der Waals surface area contributed by atoms with Crippen molar-refractivity contribution in [2.45, 2.75) is 31.8 Å². The summed E-state index contributed by atoms with van der Waals surface area (Å²) in [6.45, 7) is 6.94. The first-order valence-electron chi connectivity index (χ1n) is 13.9. The minimum atomic E-state index is -0.307. The Labute approximate surface area is 240 Å². The number of hydrogen-bond donors (Lipinski definition) is 0. The summed E-state index contributed by atoms with van der Waals surface area (Å²) in [7, 11) is 3.80. The maximum atomic E-state index is 13.4. The fourth-order valence-corrected chi connectivity index (χ4v) is 6.42. The van der Waals surface area contributed by atoms with E-state index < -0.39 is 0 Å². The van der Waals surface area contributed by atoms with Crippen LogP contribution in [-0.2, 0) is 13.0 Å². The Kier molecular flexibility index (Phi) is 7.37. The Morgan fingerprint density at radius 1 is 1.00 bits per heavy atom. The number of carbonyl (C=O) groups excluding carboxylic acids is 1. The number of carbonyl (C=O) groups is 1. The molecule has 0 unspecified atom stereocenters. The number of ether oxygens (including phenoxy) is 4. The van der Waals surface area contributed by atoms with Gasteiger partial charge in [0.2, 0.25) is 12.5 Å². The molecule has 0 N–H and O–H groups in total. The van der Waals surface area contributed by atoms with E-state index in [1.807, 2.05) is 17.0 Å². The van der Waals surface area contributed by atoms with Crippen LogP contribution in [-0.4, -0.2) is 87.1 Å². The van der Waals surface area contributed by atoms with Crippen molar-refractivity contribution in [3.63, 3.8) is 0 Å². The minimum Gasteiger partial charge on any atom is -1.00 e. The van der Waals surface area contributed by atoms with Crippen LogP contribution in [0.25, 0.3) is 22.0 Å². The van der Waals surface area contributed by atoms with Crippen LogP contribution in [0.2, 0.25) is 0 Å². The first kappa shape index (κ1) is 26.9. The Balaban J connectivity index is 0.00000289. The topological polar surface area (TPSA) is 67.6 Å². The number of piperazine rings is 1. The highest BCUT2D eigenvalue weighted by Gasteiger charge is 2.32. The van der Waals surface area contributed by atoms with Crippen LogP contribution in [0.3, 0.4) is 0 Å². The first-order chi connectivity index (χ1) is 19.1. The zero-order chi connectivity index (χ0) is 26.5. The fraction of sp³-hybridized carbons (Fsp3) is 0.467. The molecule has 1 amide bonds. The lowest BCUT2D eigenvalue weighted by molar-refractivity contribution is -0.686. The van der Waals surface area contributed by atoms with Gasteiger partial charge in [-0.05, 0) is 55.1 Å². The molecule has 1 aromatic heterocycles. The highest BCUT2D eigenvalue weighted by Crippen LogP contribution is 2.42. The molecular formula is C30H35ClN4O5. The predicted molar refractivity (Wildman–Crippen MR) is 146 cm³/mol. The summed E-state index contributed by atoms with van der Waals surface area (Å²) in [5.41, 5.74) is 3.50. The van der Waals surface area contributed by atoms with Crippen molar-refractivity contribution >= 4 is 16.9 Å². The molecule has 0 saturated carbocycles. The van der Waals surface area contributed by atoms with Crippen LogP contribution in [0.15, 0.2) is 36.5 Å². The Morgan fingerprint density at radius 3 is 2.50 bits per heavy atom. The third-order valence-electron chi connectivity index (χ3n) is 8.76. The van der Waals surface area contributed by atoms with E-state index in [2.05, 4.69) is 45.8 Å². The monoisotopic (exact) mass is 566 g/mol. The van der Waals surface area contributed by atoms with E-state index >= 15 is 0 Å². The van der Waals surface area contributed by atoms with Gasteiger partial charge in [-0.3, -0.25) is 4.90 Å². The molecule has 10 heteroatoms. The van der Waals surface area contributed by atoms with E-state index in [0.29, 0.717) is 30.6 Å². The molecule has 5 heterocycles. The number of amides is 1. The van der Waals surface area contributed by atoms with Crippen LogP contribution in [0.1, 0.15) is 18.4 Å². The zero-order valence-electron chi connectivity index (χ0n) is 23.0. The molecule has 40 heavy (non-hydrogen) atoms. The van der Waals surface area contributed by atoms with Gasteiger partial charge in [0.25, 0.3) is 0 Å². The van der Waals surface area contributed by atoms with Crippen molar-refractivity contribution < 1.29 is 40.7 Å². The highest BCUT2D eigenvalue weighted by molar-refractivity contribution is 5.93. The summed E-state index contributed by atoms with van der Waals surface area (Å²) >= 11 is 0. The number of likely N-dealkylation sites (N-methyl/N-ethyl adjacent to an activating group) is 1. The second-order valence-corrected chi connectivity index (χ2v) is 11.0. The summed E-state index contributed by atoms with van der Waals surface area (Å²) in [5.74, 6) is 2.63. The lowest BCUT2D eigenvalue weighted by Gasteiger charge is -2.41. The number of piperidine rings is 1. The average Bonchev–Trinajstić information content (AvgIpc) is 3.43. The van der Waals surface area contributed by atoms with Crippen LogP contribution in [0.4, 0.5) is 4.79 Å². The van der Waals surface area contributed by atoms with Crippen LogP contribution >= 0.6 is 0 Å². The summed E-state index contributed by atoms with van der Waals surface area (Å²) in [5, 5.41) is 1.85. The van der Waals surface area contributed by atoms with Gasteiger partial charge in [0, 0.05) is 57.8 Å². The molecule has 4 aliphatic heterocycles. The molecule has 9 nitrogen and oxygen atoms in total. The van der Waals surface area contributed by atoms with Gasteiger partial charge in [-0.2, -0.15) is 4.57 Å². The number of nitrogens with zero attached hydrogens (tertiary/aromatic N) is 4. The summed E-state index contributed by atoms with van der Waals surface area (Å²) < 4.78 is 25.2. The molecule has 2 fully saturated rings. The van der Waals surface area contributed by atoms with Crippen molar-refractivity contribution in [3.05, 3.63) is 42.1 Å². The van der Waals surface area contributed by atoms with Crippen molar-refractivity contribution in [2.75, 3.05) is 60.2 Å². The minimum absolute atomic E-state index is 0. The lowest BCUT2D eigenvalue weighted by atomic mass is 9.95.